The topological polar surface area (TPSA) is 91.0 Å². The second kappa shape index (κ2) is 5.72. The van der Waals surface area contributed by atoms with Crippen LogP contribution in [-0.4, -0.2) is 24.2 Å². The Labute approximate surface area is 80.9 Å². The molecule has 0 atom stereocenters. The second-order valence-corrected chi connectivity index (χ2v) is 2.52. The molecule has 0 bridgehead atoms. The molecule has 6 nitrogen and oxygen atoms in total. The molecule has 0 aromatic carbocycles. The molecule has 1 aromatic rings. The van der Waals surface area contributed by atoms with Crippen molar-refractivity contribution in [2.45, 2.75) is 6.54 Å². The zero-order valence-corrected chi connectivity index (χ0v) is 7.49. The number of aromatic nitrogens is 1. The third kappa shape index (κ3) is 3.69. The third-order valence-electron chi connectivity index (χ3n) is 1.44. The predicted molar refractivity (Wildman–Crippen MR) is 46.8 cm³/mol. The minimum absolute atomic E-state index is 0.0306. The monoisotopic (exact) mass is 194 g/mol. The van der Waals surface area contributed by atoms with Crippen molar-refractivity contribution in [3.63, 3.8) is 0 Å². The van der Waals surface area contributed by atoms with Crippen molar-refractivity contribution in [1.82, 2.24) is 15.8 Å². The summed E-state index contributed by atoms with van der Waals surface area (Å²) >= 11 is 0. The Kier molecular flexibility index (Phi) is 4.17. The Morgan fingerprint density at radius 2 is 2.57 bits per heavy atom. The Morgan fingerprint density at radius 1 is 1.71 bits per heavy atom. The van der Waals surface area contributed by atoms with Crippen LogP contribution in [0.15, 0.2) is 16.8 Å². The molecule has 1 heterocycles. The van der Waals surface area contributed by atoms with E-state index < -0.39 is 0 Å². The Morgan fingerprint density at radius 3 is 3.21 bits per heavy atom. The van der Waals surface area contributed by atoms with Crippen molar-refractivity contribution in [1.29, 1.82) is 5.26 Å². The molecule has 0 fully saturated rings. The highest BCUT2D eigenvalue weighted by atomic mass is 16.5. The Bertz CT molecular complexity index is 315. The summed E-state index contributed by atoms with van der Waals surface area (Å²) in [5, 5.41) is 16.9. The first-order valence-corrected chi connectivity index (χ1v) is 4.07. The van der Waals surface area contributed by atoms with Crippen molar-refractivity contribution in [3.8, 4) is 6.07 Å². The maximum Gasteiger partial charge on any atom is 0.234 e. The number of nitriles is 1. The Hall–Kier alpha value is -1.87. The maximum absolute atomic E-state index is 11.0. The number of rotatable bonds is 5. The number of nitrogens with zero attached hydrogens (tertiary/aromatic N) is 2. The summed E-state index contributed by atoms with van der Waals surface area (Å²) < 4.78 is 4.80. The molecule has 2 N–H and O–H groups in total. The van der Waals surface area contributed by atoms with Gasteiger partial charge in [0.2, 0.25) is 5.91 Å². The first-order valence-electron chi connectivity index (χ1n) is 4.07. The summed E-state index contributed by atoms with van der Waals surface area (Å²) in [7, 11) is 0. The van der Waals surface area contributed by atoms with Gasteiger partial charge in [0, 0.05) is 6.07 Å². The summed E-state index contributed by atoms with van der Waals surface area (Å²) in [6.45, 7) is 0.630. The van der Waals surface area contributed by atoms with Crippen LogP contribution in [0.4, 0.5) is 0 Å². The van der Waals surface area contributed by atoms with Crippen LogP contribution in [0.25, 0.3) is 0 Å². The molecular formula is C8H10N4O2. The molecule has 0 aliphatic heterocycles. The average Bonchev–Trinajstić information content (AvgIpc) is 2.67. The number of amides is 1. The van der Waals surface area contributed by atoms with Crippen LogP contribution in [0.5, 0.6) is 0 Å². The van der Waals surface area contributed by atoms with Gasteiger partial charge < -0.3 is 15.2 Å². The van der Waals surface area contributed by atoms with E-state index in [2.05, 4.69) is 15.8 Å². The molecule has 1 amide bonds. The summed E-state index contributed by atoms with van der Waals surface area (Å²) in [6.07, 6.45) is 1.53. The standard InChI is InChI=1S/C8H10N4O2/c9-2-4-11-8(13)6-10-5-7-1-3-12-14-7/h1,3,10H,4-6H2,(H,11,13). The fraction of sp³-hybridized carbons (Fsp3) is 0.375. The van der Waals surface area contributed by atoms with Gasteiger partial charge in [0.05, 0.1) is 25.4 Å². The smallest absolute Gasteiger partial charge is 0.234 e. The maximum atomic E-state index is 11.0. The lowest BCUT2D eigenvalue weighted by molar-refractivity contribution is -0.120. The molecule has 0 saturated carbocycles. The fourth-order valence-electron chi connectivity index (χ4n) is 0.833. The number of carbonyl (C=O) groups is 1. The number of carbonyl (C=O) groups excluding carboxylic acids is 1. The molecule has 0 radical (unpaired) electrons. The summed E-state index contributed by atoms with van der Waals surface area (Å²) in [5.41, 5.74) is 0. The molecule has 0 unspecified atom stereocenters. The van der Waals surface area contributed by atoms with Crippen molar-refractivity contribution in [2.24, 2.45) is 0 Å². The van der Waals surface area contributed by atoms with E-state index in [1.165, 1.54) is 6.20 Å². The van der Waals surface area contributed by atoms with Gasteiger partial charge in [0.25, 0.3) is 0 Å². The quantitative estimate of drug-likeness (QED) is 0.611. The minimum Gasteiger partial charge on any atom is -0.360 e. The second-order valence-electron chi connectivity index (χ2n) is 2.52. The van der Waals surface area contributed by atoms with Gasteiger partial charge in [0.1, 0.15) is 12.3 Å². The first kappa shape index (κ1) is 10.2. The molecule has 0 spiro atoms. The largest absolute Gasteiger partial charge is 0.360 e. The van der Waals surface area contributed by atoms with E-state index in [4.69, 9.17) is 9.78 Å². The lowest BCUT2D eigenvalue weighted by atomic mass is 10.4. The van der Waals surface area contributed by atoms with Crippen LogP contribution in [-0.2, 0) is 11.3 Å². The highest BCUT2D eigenvalue weighted by Crippen LogP contribution is 1.93. The van der Waals surface area contributed by atoms with E-state index in [-0.39, 0.29) is 19.0 Å². The molecule has 0 saturated heterocycles. The van der Waals surface area contributed by atoms with Crippen molar-refractivity contribution >= 4 is 5.91 Å². The van der Waals surface area contributed by atoms with E-state index in [1.54, 1.807) is 6.07 Å². The molecule has 74 valence electrons. The van der Waals surface area contributed by atoms with Crippen LogP contribution in [0.3, 0.4) is 0 Å². The number of nitrogens with one attached hydrogen (secondary N) is 2. The minimum atomic E-state index is -0.217. The van der Waals surface area contributed by atoms with Crippen LogP contribution in [0.1, 0.15) is 5.76 Å². The number of hydrogen-bond acceptors (Lipinski definition) is 5. The van der Waals surface area contributed by atoms with Gasteiger partial charge in [-0.25, -0.2) is 0 Å². The fourth-order valence-corrected chi connectivity index (χ4v) is 0.833. The molecule has 1 rings (SSSR count). The van der Waals surface area contributed by atoms with E-state index in [0.717, 1.165) is 0 Å². The van der Waals surface area contributed by atoms with Gasteiger partial charge >= 0.3 is 0 Å². The SMILES string of the molecule is N#CCNC(=O)CNCc1ccno1. The molecule has 0 aliphatic rings. The molecule has 0 aliphatic carbocycles. The van der Waals surface area contributed by atoms with Gasteiger partial charge in [-0.1, -0.05) is 5.16 Å². The van der Waals surface area contributed by atoms with Gasteiger partial charge in [0.15, 0.2) is 0 Å². The normalized spacial score (nSPS) is 9.36. The zero-order chi connectivity index (χ0) is 10.2. The summed E-state index contributed by atoms with van der Waals surface area (Å²) in [6, 6.07) is 3.52. The van der Waals surface area contributed by atoms with Crippen molar-refractivity contribution in [3.05, 3.63) is 18.0 Å². The lowest BCUT2D eigenvalue weighted by Gasteiger charge is -2.01. The van der Waals surface area contributed by atoms with Crippen LogP contribution in [0.2, 0.25) is 0 Å². The van der Waals surface area contributed by atoms with Gasteiger partial charge in [-0.3, -0.25) is 4.79 Å². The molecule has 6 heteroatoms. The van der Waals surface area contributed by atoms with E-state index >= 15 is 0 Å². The van der Waals surface area contributed by atoms with Crippen LogP contribution >= 0.6 is 0 Å². The highest BCUT2D eigenvalue weighted by Gasteiger charge is 2.00. The van der Waals surface area contributed by atoms with Gasteiger partial charge in [-0.15, -0.1) is 0 Å². The van der Waals surface area contributed by atoms with Crippen molar-refractivity contribution < 1.29 is 9.32 Å². The third-order valence-corrected chi connectivity index (χ3v) is 1.44. The van der Waals surface area contributed by atoms with E-state index in [0.29, 0.717) is 12.3 Å². The predicted octanol–water partition coefficient (Wildman–Crippen LogP) is -0.596. The molecule has 14 heavy (non-hydrogen) atoms. The van der Waals surface area contributed by atoms with Crippen LogP contribution < -0.4 is 10.6 Å². The average molecular weight is 194 g/mol. The lowest BCUT2D eigenvalue weighted by Crippen LogP contribution is -2.33. The van der Waals surface area contributed by atoms with Gasteiger partial charge in [-0.2, -0.15) is 5.26 Å². The van der Waals surface area contributed by atoms with Crippen molar-refractivity contribution in [2.75, 3.05) is 13.1 Å². The molecule has 1 aromatic heterocycles. The van der Waals surface area contributed by atoms with Crippen LogP contribution in [0, 0.1) is 11.3 Å². The van der Waals surface area contributed by atoms with E-state index in [9.17, 15) is 4.79 Å². The Balaban J connectivity index is 2.10. The van der Waals surface area contributed by atoms with Gasteiger partial charge in [-0.05, 0) is 0 Å². The zero-order valence-electron chi connectivity index (χ0n) is 7.49. The summed E-state index contributed by atoms with van der Waals surface area (Å²) in [4.78, 5) is 11.0. The van der Waals surface area contributed by atoms with E-state index in [1.807, 2.05) is 6.07 Å². The number of hydrogen-bond donors (Lipinski definition) is 2. The summed E-state index contributed by atoms with van der Waals surface area (Å²) in [5.74, 6) is 0.448. The highest BCUT2D eigenvalue weighted by molar-refractivity contribution is 5.78. The first-order chi connectivity index (χ1) is 6.83. The molecular weight excluding hydrogens is 184 g/mol.